The number of carbonyl (C=O) groups excluding carboxylic acids is 2. The van der Waals surface area contributed by atoms with E-state index in [4.69, 9.17) is 0 Å². The summed E-state index contributed by atoms with van der Waals surface area (Å²) in [5, 5.41) is 0. The molecule has 0 spiro atoms. The van der Waals surface area contributed by atoms with Crippen LogP contribution in [0.4, 0.5) is 0 Å². The van der Waals surface area contributed by atoms with E-state index in [0.717, 1.165) is 111 Å². The summed E-state index contributed by atoms with van der Waals surface area (Å²) in [6.45, 7) is 0. The molecule has 0 saturated heterocycles. The van der Waals surface area contributed by atoms with Crippen LogP contribution in [0.1, 0.15) is 89.0 Å². The van der Waals surface area contributed by atoms with Gasteiger partial charge in [0.2, 0.25) is 0 Å². The van der Waals surface area contributed by atoms with Crippen LogP contribution in [0, 0.1) is 47.4 Å². The van der Waals surface area contributed by atoms with Crippen LogP contribution < -0.4 is 0 Å². The molecule has 0 heterocycles. The summed E-state index contributed by atoms with van der Waals surface area (Å²) >= 11 is 0. The SMILES string of the molecule is O=C1C(Cc2ccccc2)=C(c2ccc(C3=C(Cc4ccccc4)C(=O)C(Cc4ccccc4)=C3c3cc(C#Cc4ccccc4)cc(C#Cc4ccccc4)c3)cc2)C(c2cc(C#Cc3ccccc3)cc(C#Cc3ccccc3)c2)=C1Cc1ccccc1. The van der Waals surface area contributed by atoms with Gasteiger partial charge in [-0.25, -0.2) is 0 Å². The molecule has 0 bridgehead atoms. The van der Waals surface area contributed by atoms with E-state index >= 15 is 9.59 Å². The molecule has 0 aliphatic heterocycles. The maximum absolute atomic E-state index is 15.9. The molecule has 0 saturated carbocycles. The summed E-state index contributed by atoms with van der Waals surface area (Å²) in [7, 11) is 0. The quantitative estimate of drug-likeness (QED) is 0.114. The van der Waals surface area contributed by atoms with Gasteiger partial charge >= 0.3 is 0 Å². The third-order valence-corrected chi connectivity index (χ3v) is 16.1. The minimum Gasteiger partial charge on any atom is -0.289 e. The van der Waals surface area contributed by atoms with Gasteiger partial charge in [0.1, 0.15) is 0 Å². The second kappa shape index (κ2) is 27.1. The summed E-state index contributed by atoms with van der Waals surface area (Å²) in [5.41, 5.74) is 20.4. The van der Waals surface area contributed by atoms with Gasteiger partial charge in [0.25, 0.3) is 0 Å². The number of benzene rings is 11. The zero-order valence-corrected chi connectivity index (χ0v) is 49.5. The van der Waals surface area contributed by atoms with Crippen LogP contribution in [-0.2, 0) is 35.3 Å². The van der Waals surface area contributed by atoms with Gasteiger partial charge in [-0.15, -0.1) is 0 Å². The van der Waals surface area contributed by atoms with Crippen LogP contribution in [0.5, 0.6) is 0 Å². The van der Waals surface area contributed by atoms with Gasteiger partial charge in [-0.2, -0.15) is 0 Å². The smallest absolute Gasteiger partial charge is 0.186 e. The van der Waals surface area contributed by atoms with Gasteiger partial charge < -0.3 is 0 Å². The minimum atomic E-state index is 0.000840. The molecule has 11 aromatic rings. The average molecular weight is 1150 g/mol. The third kappa shape index (κ3) is 13.5. The number of hydrogen-bond acceptors (Lipinski definition) is 2. The number of ketones is 2. The summed E-state index contributed by atoms with van der Waals surface area (Å²) < 4.78 is 0. The van der Waals surface area contributed by atoms with Crippen molar-refractivity contribution >= 4 is 33.9 Å². The van der Waals surface area contributed by atoms with Crippen molar-refractivity contribution in [2.75, 3.05) is 0 Å². The fourth-order valence-electron chi connectivity index (χ4n) is 11.9. The van der Waals surface area contributed by atoms with Crippen molar-refractivity contribution < 1.29 is 9.59 Å². The number of rotatable bonds is 12. The molecule has 0 fully saturated rings. The number of carbonyl (C=O) groups is 2. The molecule has 2 aliphatic rings. The maximum atomic E-state index is 15.9. The molecule has 11 aromatic carbocycles. The van der Waals surface area contributed by atoms with Crippen LogP contribution in [-0.4, -0.2) is 11.6 Å². The first-order valence-electron chi connectivity index (χ1n) is 30.3. The summed E-state index contributed by atoms with van der Waals surface area (Å²) in [5.74, 6) is 27.6. The molecule has 2 nitrogen and oxygen atoms in total. The maximum Gasteiger partial charge on any atom is 0.186 e. The lowest BCUT2D eigenvalue weighted by Crippen LogP contribution is -2.08. The minimum absolute atomic E-state index is 0.000840. The van der Waals surface area contributed by atoms with Crippen molar-refractivity contribution in [2.45, 2.75) is 25.7 Å². The van der Waals surface area contributed by atoms with E-state index in [1.54, 1.807) is 0 Å². The van der Waals surface area contributed by atoms with Crippen molar-refractivity contribution in [3.8, 4) is 47.4 Å². The van der Waals surface area contributed by atoms with Crippen molar-refractivity contribution in [1.82, 2.24) is 0 Å². The van der Waals surface area contributed by atoms with E-state index in [-0.39, 0.29) is 11.6 Å². The Hall–Kier alpha value is -12.0. The second-order valence-electron chi connectivity index (χ2n) is 22.4. The van der Waals surface area contributed by atoms with Crippen LogP contribution in [0.25, 0.3) is 22.3 Å². The molecular weight excluding hydrogens is 1090 g/mol. The Bertz CT molecular complexity index is 4420. The van der Waals surface area contributed by atoms with Crippen LogP contribution in [0.15, 0.2) is 326 Å². The third-order valence-electron chi connectivity index (χ3n) is 16.1. The highest BCUT2D eigenvalue weighted by Gasteiger charge is 2.36. The van der Waals surface area contributed by atoms with Crippen LogP contribution >= 0.6 is 0 Å². The number of Topliss-reactive ketones (excluding diaryl/α,β-unsaturated/α-hetero) is 2. The Morgan fingerprint density at radius 3 is 0.600 bits per heavy atom. The van der Waals surface area contributed by atoms with E-state index in [9.17, 15) is 0 Å². The first-order chi connectivity index (χ1) is 44.4. The number of allylic oxidation sites excluding steroid dienone is 8. The van der Waals surface area contributed by atoms with Crippen molar-refractivity contribution in [2.24, 2.45) is 0 Å². The summed E-state index contributed by atoms with van der Waals surface area (Å²) in [6.07, 6.45) is 1.62. The monoisotopic (exact) mass is 1150 g/mol. The van der Waals surface area contributed by atoms with Gasteiger partial charge in [-0.1, -0.05) is 266 Å². The molecule has 0 amide bonds. The predicted molar refractivity (Wildman–Crippen MR) is 367 cm³/mol. The van der Waals surface area contributed by atoms with Gasteiger partial charge in [-0.3, -0.25) is 9.59 Å². The first kappa shape index (κ1) is 57.1. The first-order valence-corrected chi connectivity index (χ1v) is 30.3. The zero-order chi connectivity index (χ0) is 60.9. The normalized spacial score (nSPS) is 12.6. The predicted octanol–water partition coefficient (Wildman–Crippen LogP) is 17.8. The molecule has 0 radical (unpaired) electrons. The second-order valence-corrected chi connectivity index (χ2v) is 22.4. The molecule has 0 atom stereocenters. The van der Waals surface area contributed by atoms with E-state index in [1.807, 2.05) is 206 Å². The Morgan fingerprint density at radius 2 is 0.378 bits per heavy atom. The zero-order valence-electron chi connectivity index (χ0n) is 49.5. The molecule has 2 heteroatoms. The Morgan fingerprint density at radius 1 is 0.189 bits per heavy atom. The van der Waals surface area contributed by atoms with Crippen LogP contribution in [0.2, 0.25) is 0 Å². The number of hydrogen-bond donors (Lipinski definition) is 0. The Kier molecular flexibility index (Phi) is 17.2. The Labute approximate surface area is 528 Å². The molecule has 422 valence electrons. The van der Waals surface area contributed by atoms with Gasteiger partial charge in [0.15, 0.2) is 11.6 Å². The highest BCUT2D eigenvalue weighted by Crippen LogP contribution is 2.49. The van der Waals surface area contributed by atoms with Crippen molar-refractivity contribution in [3.63, 3.8) is 0 Å². The van der Waals surface area contributed by atoms with Crippen molar-refractivity contribution in [1.29, 1.82) is 0 Å². The highest BCUT2D eigenvalue weighted by atomic mass is 16.1. The van der Waals surface area contributed by atoms with E-state index in [2.05, 4.69) is 144 Å². The largest absolute Gasteiger partial charge is 0.289 e. The highest BCUT2D eigenvalue weighted by molar-refractivity contribution is 6.34. The van der Waals surface area contributed by atoms with E-state index < -0.39 is 0 Å². The van der Waals surface area contributed by atoms with Crippen LogP contribution in [0.3, 0.4) is 0 Å². The molecule has 90 heavy (non-hydrogen) atoms. The summed E-state index contributed by atoms with van der Waals surface area (Å²) in [4.78, 5) is 31.7. The fraction of sp³-hybridized carbons (Fsp3) is 0.0455. The fourth-order valence-corrected chi connectivity index (χ4v) is 11.9. The van der Waals surface area contributed by atoms with Gasteiger partial charge in [0, 0.05) is 92.5 Å². The molecule has 0 aromatic heterocycles. The topological polar surface area (TPSA) is 34.1 Å². The lowest BCUT2D eigenvalue weighted by atomic mass is 9.85. The molecule has 0 N–H and O–H groups in total. The standard InChI is InChI=1S/C88H58O2/c89-87-79(59-67-33-17-5-18-34-67)83(85(81(87)61-69-37-21-7-22-38-69)77-55-71(45-41-63-25-9-1-10-26-63)53-72(56-77)46-42-64-27-11-2-12-28-64)75-49-51-76(52-50-75)84-80(60-68-35-19-6-20-36-68)88(90)82(62-70-39-23-8-24-40-70)86(84)78-57-73(47-43-65-29-13-3-14-30-65)54-74(58-78)48-44-66-31-15-4-16-32-66/h1-40,49-58H,59-62H2. The molecular formula is C88H58O2. The summed E-state index contributed by atoms with van der Waals surface area (Å²) in [6, 6.07) is 102. The molecule has 2 aliphatic carbocycles. The Balaban J connectivity index is 1.03. The van der Waals surface area contributed by atoms with Gasteiger partial charge in [0.05, 0.1) is 0 Å². The average Bonchev–Trinajstić information content (AvgIpc) is 1.61. The van der Waals surface area contributed by atoms with E-state index in [1.165, 1.54) is 0 Å². The lowest BCUT2D eigenvalue weighted by Gasteiger charge is -2.17. The molecule has 13 rings (SSSR count). The van der Waals surface area contributed by atoms with Gasteiger partial charge in [-0.05, 0) is 152 Å². The lowest BCUT2D eigenvalue weighted by molar-refractivity contribution is -0.112. The van der Waals surface area contributed by atoms with E-state index in [0.29, 0.717) is 48.0 Å². The molecule has 0 unspecified atom stereocenters. The van der Waals surface area contributed by atoms with Crippen molar-refractivity contribution in [3.05, 3.63) is 415 Å².